The molecule has 42 heavy (non-hydrogen) atoms. The molecule has 3 rings (SSSR count). The third-order valence-corrected chi connectivity index (χ3v) is 6.33. The second kappa shape index (κ2) is 14.7. The molecule has 0 radical (unpaired) electrons. The van der Waals surface area contributed by atoms with E-state index in [1.54, 1.807) is 30.3 Å². The summed E-state index contributed by atoms with van der Waals surface area (Å²) in [7, 11) is 1.48. The van der Waals surface area contributed by atoms with Crippen molar-refractivity contribution in [1.82, 2.24) is 15.8 Å². The van der Waals surface area contributed by atoms with E-state index < -0.39 is 30.0 Å². The van der Waals surface area contributed by atoms with Gasteiger partial charge in [-0.2, -0.15) is 0 Å². The molecule has 0 aliphatic heterocycles. The number of hydrogen-bond donors (Lipinski definition) is 5. The van der Waals surface area contributed by atoms with Gasteiger partial charge in [0.2, 0.25) is 11.8 Å². The number of aromatic nitrogens is 1. The molecule has 3 aromatic rings. The number of carboxylic acid groups (broad SMARTS) is 1. The summed E-state index contributed by atoms with van der Waals surface area (Å²) in [6.07, 6.45) is 0.510. The van der Waals surface area contributed by atoms with Gasteiger partial charge in [0.25, 0.3) is 0 Å². The Kier molecular flexibility index (Phi) is 11.1. The third-order valence-electron chi connectivity index (χ3n) is 6.33. The number of anilines is 2. The van der Waals surface area contributed by atoms with Crippen LogP contribution in [0.15, 0.2) is 53.1 Å². The van der Waals surface area contributed by atoms with Gasteiger partial charge in [0, 0.05) is 25.1 Å². The molecule has 2 aromatic carbocycles. The van der Waals surface area contributed by atoms with E-state index in [0.717, 1.165) is 5.56 Å². The zero-order chi connectivity index (χ0) is 30.8. The van der Waals surface area contributed by atoms with Crippen LogP contribution < -0.4 is 26.0 Å². The fourth-order valence-electron chi connectivity index (χ4n) is 4.33. The largest absolute Gasteiger partial charge is 0.495 e. The number of methoxy groups -OCH3 is 1. The Morgan fingerprint density at radius 3 is 2.36 bits per heavy atom. The normalized spacial score (nSPS) is 12.2. The number of carboxylic acids is 1. The van der Waals surface area contributed by atoms with Crippen LogP contribution in [0, 0.1) is 12.8 Å². The highest BCUT2D eigenvalue weighted by Gasteiger charge is 2.25. The number of amides is 4. The van der Waals surface area contributed by atoms with E-state index in [2.05, 4.69) is 26.4 Å². The fraction of sp³-hybridized carbons (Fsp3) is 0.367. The molecule has 0 saturated heterocycles. The van der Waals surface area contributed by atoms with Crippen molar-refractivity contribution in [2.45, 2.75) is 59.0 Å². The number of rotatable bonds is 13. The average molecular weight is 580 g/mol. The maximum Gasteiger partial charge on any atom is 0.326 e. The lowest BCUT2D eigenvalue weighted by Gasteiger charge is -2.19. The number of ether oxygens (including phenoxy) is 1. The molecule has 2 atom stereocenters. The summed E-state index contributed by atoms with van der Waals surface area (Å²) in [5, 5.41) is 24.4. The minimum absolute atomic E-state index is 0.0367. The van der Waals surface area contributed by atoms with Gasteiger partial charge in [0.1, 0.15) is 23.2 Å². The van der Waals surface area contributed by atoms with Crippen LogP contribution in [0.5, 0.6) is 5.75 Å². The highest BCUT2D eigenvalue weighted by molar-refractivity contribution is 6.01. The van der Waals surface area contributed by atoms with Crippen LogP contribution in [-0.2, 0) is 27.2 Å². The molecule has 12 nitrogen and oxygen atoms in total. The Hall–Kier alpha value is -4.87. The van der Waals surface area contributed by atoms with Crippen LogP contribution in [0.4, 0.5) is 16.2 Å². The van der Waals surface area contributed by atoms with Gasteiger partial charge >= 0.3 is 12.0 Å². The molecule has 224 valence electrons. The summed E-state index contributed by atoms with van der Waals surface area (Å²) in [5.41, 5.74) is 3.17. The number of nitrogens with zero attached hydrogens (tertiary/aromatic N) is 1. The minimum Gasteiger partial charge on any atom is -0.495 e. The first-order valence-electron chi connectivity index (χ1n) is 13.5. The molecule has 0 saturated carbocycles. The molecule has 0 aliphatic rings. The lowest BCUT2D eigenvalue weighted by molar-refractivity contribution is -0.141. The first-order chi connectivity index (χ1) is 19.9. The van der Waals surface area contributed by atoms with Gasteiger partial charge < -0.3 is 35.6 Å². The third kappa shape index (κ3) is 9.36. The van der Waals surface area contributed by atoms with Gasteiger partial charge in [-0.1, -0.05) is 43.3 Å². The fourth-order valence-corrected chi connectivity index (χ4v) is 4.33. The summed E-state index contributed by atoms with van der Waals surface area (Å²) in [6, 6.07) is 12.0. The van der Waals surface area contributed by atoms with Gasteiger partial charge in [0.15, 0.2) is 0 Å². The maximum atomic E-state index is 13.1. The molecular weight excluding hydrogens is 542 g/mol. The van der Waals surface area contributed by atoms with Gasteiger partial charge in [0.05, 0.1) is 25.3 Å². The quantitative estimate of drug-likeness (QED) is 0.200. The number of aliphatic carboxylic acids is 1. The Morgan fingerprint density at radius 1 is 1.00 bits per heavy atom. The first kappa shape index (κ1) is 31.7. The molecule has 0 aliphatic carbocycles. The Labute approximate surface area is 244 Å². The van der Waals surface area contributed by atoms with E-state index in [9.17, 15) is 24.3 Å². The van der Waals surface area contributed by atoms with Crippen molar-refractivity contribution in [2.24, 2.45) is 5.92 Å². The van der Waals surface area contributed by atoms with E-state index in [0.29, 0.717) is 34.8 Å². The summed E-state index contributed by atoms with van der Waals surface area (Å²) >= 11 is 0. The van der Waals surface area contributed by atoms with E-state index >= 15 is 0 Å². The summed E-state index contributed by atoms with van der Waals surface area (Å²) < 4.78 is 10.8. The van der Waals surface area contributed by atoms with Crippen LogP contribution in [0.3, 0.4) is 0 Å². The molecule has 0 spiro atoms. The Balaban J connectivity index is 1.67. The molecule has 4 amide bonds. The number of carbonyl (C=O) groups excluding carboxylic acids is 3. The number of carbonyl (C=O) groups is 4. The number of nitrogens with one attached hydrogen (secondary N) is 4. The van der Waals surface area contributed by atoms with E-state index in [1.807, 2.05) is 39.0 Å². The van der Waals surface area contributed by atoms with Crippen LogP contribution in [0.1, 0.15) is 55.8 Å². The highest BCUT2D eigenvalue weighted by atomic mass is 16.5. The van der Waals surface area contributed by atoms with Crippen molar-refractivity contribution >= 4 is 35.2 Å². The SMILES string of the molecule is COc1cc(CC(=O)NC(CC(C)C)c2cc(CC(NC(C)=O)C(=O)O)on2)ccc1NC(=O)Nc1ccccc1C. The zero-order valence-corrected chi connectivity index (χ0v) is 24.3. The molecule has 0 bridgehead atoms. The molecular formula is C30H37N5O7. The van der Waals surface area contributed by atoms with E-state index in [-0.39, 0.29) is 30.4 Å². The van der Waals surface area contributed by atoms with E-state index in [1.165, 1.54) is 14.0 Å². The van der Waals surface area contributed by atoms with Gasteiger partial charge in [-0.25, -0.2) is 9.59 Å². The second-order valence-corrected chi connectivity index (χ2v) is 10.4. The van der Waals surface area contributed by atoms with Gasteiger partial charge in [-0.3, -0.25) is 9.59 Å². The standard InChI is InChI=1S/C30H37N5O7/c1-17(2)12-24(25-15-21(42-35-25)16-26(29(38)39)31-19(4)36)32-28(37)14-20-10-11-23(27(13-20)41-5)34-30(40)33-22-9-7-6-8-18(22)3/h6-11,13,15,17,24,26H,12,14,16H2,1-5H3,(H,31,36)(H,32,37)(H,38,39)(H2,33,34,40). The topological polar surface area (TPSA) is 172 Å². The van der Waals surface area contributed by atoms with Crippen LogP contribution in [-0.4, -0.2) is 47.2 Å². The number of urea groups is 1. The summed E-state index contributed by atoms with van der Waals surface area (Å²) in [5.74, 6) is -1.07. The van der Waals surface area contributed by atoms with E-state index in [4.69, 9.17) is 9.26 Å². The molecule has 12 heteroatoms. The van der Waals surface area contributed by atoms with Crippen molar-refractivity contribution < 1.29 is 33.5 Å². The predicted octanol–water partition coefficient (Wildman–Crippen LogP) is 4.21. The Morgan fingerprint density at radius 2 is 1.71 bits per heavy atom. The van der Waals surface area contributed by atoms with Gasteiger partial charge in [-0.05, 0) is 48.6 Å². The molecule has 1 aromatic heterocycles. The summed E-state index contributed by atoms with van der Waals surface area (Å²) in [6.45, 7) is 7.14. The summed E-state index contributed by atoms with van der Waals surface area (Å²) in [4.78, 5) is 48.4. The monoisotopic (exact) mass is 579 g/mol. The number of benzene rings is 2. The maximum absolute atomic E-state index is 13.1. The Bertz CT molecular complexity index is 1420. The first-order valence-corrected chi connectivity index (χ1v) is 13.5. The smallest absolute Gasteiger partial charge is 0.326 e. The van der Waals surface area contributed by atoms with Crippen LogP contribution in [0.2, 0.25) is 0 Å². The number of aryl methyl sites for hydroxylation is 1. The van der Waals surface area contributed by atoms with Crippen molar-refractivity contribution in [1.29, 1.82) is 0 Å². The molecule has 5 N–H and O–H groups in total. The highest BCUT2D eigenvalue weighted by Crippen LogP contribution is 2.27. The molecule has 1 heterocycles. The lowest BCUT2D eigenvalue weighted by Crippen LogP contribution is -2.41. The predicted molar refractivity (Wildman–Crippen MR) is 156 cm³/mol. The molecule has 2 unspecified atom stereocenters. The van der Waals surface area contributed by atoms with Crippen molar-refractivity contribution in [3.8, 4) is 5.75 Å². The van der Waals surface area contributed by atoms with Crippen LogP contribution >= 0.6 is 0 Å². The van der Waals surface area contributed by atoms with Crippen LogP contribution in [0.25, 0.3) is 0 Å². The lowest BCUT2D eigenvalue weighted by atomic mass is 10.00. The molecule has 0 fully saturated rings. The van der Waals surface area contributed by atoms with Crippen molar-refractivity contribution in [3.63, 3.8) is 0 Å². The minimum atomic E-state index is -1.20. The van der Waals surface area contributed by atoms with Crippen molar-refractivity contribution in [3.05, 3.63) is 71.1 Å². The zero-order valence-electron chi connectivity index (χ0n) is 24.3. The second-order valence-electron chi connectivity index (χ2n) is 10.4. The number of para-hydroxylation sites is 1. The number of hydrogen-bond acceptors (Lipinski definition) is 7. The van der Waals surface area contributed by atoms with Crippen molar-refractivity contribution in [2.75, 3.05) is 17.7 Å². The van der Waals surface area contributed by atoms with Gasteiger partial charge in [-0.15, -0.1) is 0 Å². The average Bonchev–Trinajstić information content (AvgIpc) is 3.38.